The molecule has 15 heteroatoms. The van der Waals surface area contributed by atoms with Gasteiger partial charge in [-0.1, -0.05) is 12.8 Å². The molecule has 2 aliphatic rings. The lowest BCUT2D eigenvalue weighted by Crippen LogP contribution is -2.43. The van der Waals surface area contributed by atoms with Gasteiger partial charge < -0.3 is 35.0 Å². The summed E-state index contributed by atoms with van der Waals surface area (Å²) in [5, 5.41) is 24.6. The number of anilines is 1. The van der Waals surface area contributed by atoms with Gasteiger partial charge in [-0.3, -0.25) is 13.9 Å². The van der Waals surface area contributed by atoms with Crippen LogP contribution in [0, 0.1) is 0 Å². The molecule has 1 saturated carbocycles. The molecule has 2 aromatic rings. The van der Waals surface area contributed by atoms with Crippen LogP contribution in [0.5, 0.6) is 0 Å². The zero-order chi connectivity index (χ0) is 24.6. The summed E-state index contributed by atoms with van der Waals surface area (Å²) in [5.41, 5.74) is 0.749. The number of nitrogens with zero attached hydrogens (tertiary/aromatic N) is 5. The zero-order valence-corrected chi connectivity index (χ0v) is 20.1. The van der Waals surface area contributed by atoms with E-state index in [0.717, 1.165) is 30.6 Å². The average molecular weight is 519 g/mol. The summed E-state index contributed by atoms with van der Waals surface area (Å²) in [7, 11) is -4.55. The van der Waals surface area contributed by atoms with Crippen molar-refractivity contribution in [2.45, 2.75) is 63.2 Å². The third-order valence-corrected chi connectivity index (χ3v) is 7.03. The van der Waals surface area contributed by atoms with Crippen LogP contribution in [0.4, 0.5) is 5.82 Å². The third-order valence-electron chi connectivity index (χ3n) is 6.18. The molecule has 4 rings (SSSR count). The SMILES string of the molecule is CCN(C[C@H]1O[C@@H](n2cnc3c(NC4CCCC4)nc(Cl)nc32)[C@H](O)[C@@H]1O)C(=O)CP(=O)(O)O. The molecule has 5 N–H and O–H groups in total. The molecule has 188 valence electrons. The first-order valence-corrected chi connectivity index (χ1v) is 13.3. The Morgan fingerprint density at radius 2 is 2.00 bits per heavy atom. The van der Waals surface area contributed by atoms with Gasteiger partial charge in [0.05, 0.1) is 6.33 Å². The first-order chi connectivity index (χ1) is 16.1. The molecule has 1 saturated heterocycles. The number of aliphatic hydroxyl groups excluding tert-OH is 2. The first kappa shape index (κ1) is 25.2. The van der Waals surface area contributed by atoms with Crippen LogP contribution in [0.2, 0.25) is 5.28 Å². The first-order valence-electron chi connectivity index (χ1n) is 11.1. The number of hydrogen-bond acceptors (Lipinski definition) is 9. The Morgan fingerprint density at radius 1 is 1.29 bits per heavy atom. The summed E-state index contributed by atoms with van der Waals surface area (Å²) in [6.07, 6.45) is -0.0959. The van der Waals surface area contributed by atoms with Crippen molar-refractivity contribution in [3.8, 4) is 0 Å². The minimum absolute atomic E-state index is 0.0143. The van der Waals surface area contributed by atoms with Gasteiger partial charge in [-0.15, -0.1) is 0 Å². The fraction of sp³-hybridized carbons (Fsp3) is 0.684. The van der Waals surface area contributed by atoms with Crippen molar-refractivity contribution in [2.24, 2.45) is 0 Å². The predicted molar refractivity (Wildman–Crippen MR) is 121 cm³/mol. The van der Waals surface area contributed by atoms with Gasteiger partial charge >= 0.3 is 7.60 Å². The molecule has 0 radical (unpaired) electrons. The summed E-state index contributed by atoms with van der Waals surface area (Å²) in [5.74, 6) is -0.301. The molecule has 1 aliphatic carbocycles. The quantitative estimate of drug-likeness (QED) is 0.242. The largest absolute Gasteiger partial charge is 0.387 e. The van der Waals surface area contributed by atoms with E-state index in [4.69, 9.17) is 26.1 Å². The van der Waals surface area contributed by atoms with Crippen molar-refractivity contribution >= 4 is 42.1 Å². The highest BCUT2D eigenvalue weighted by Gasteiger charge is 2.45. The molecule has 0 aromatic carbocycles. The smallest absolute Gasteiger partial charge is 0.334 e. The van der Waals surface area contributed by atoms with E-state index < -0.39 is 44.2 Å². The number of nitrogens with one attached hydrogen (secondary N) is 1. The summed E-state index contributed by atoms with van der Waals surface area (Å²) in [4.78, 5) is 44.5. The van der Waals surface area contributed by atoms with Crippen molar-refractivity contribution in [1.29, 1.82) is 0 Å². The lowest BCUT2D eigenvalue weighted by molar-refractivity contribution is -0.131. The topological polar surface area (TPSA) is 183 Å². The summed E-state index contributed by atoms with van der Waals surface area (Å²) in [6.45, 7) is 1.61. The van der Waals surface area contributed by atoms with Crippen LogP contribution in [-0.2, 0) is 14.1 Å². The highest BCUT2D eigenvalue weighted by atomic mass is 35.5. The van der Waals surface area contributed by atoms with Crippen LogP contribution in [-0.4, -0.2) is 93.9 Å². The molecular formula is C19H28ClN6O7P. The van der Waals surface area contributed by atoms with E-state index in [1.54, 1.807) is 6.92 Å². The maximum Gasteiger partial charge on any atom is 0.334 e. The predicted octanol–water partition coefficient (Wildman–Crippen LogP) is 0.480. The molecule has 13 nitrogen and oxygen atoms in total. The number of aliphatic hydroxyl groups is 2. The van der Waals surface area contributed by atoms with Crippen molar-refractivity contribution in [1.82, 2.24) is 24.4 Å². The van der Waals surface area contributed by atoms with Crippen molar-refractivity contribution in [3.05, 3.63) is 11.6 Å². The molecule has 0 unspecified atom stereocenters. The van der Waals surface area contributed by atoms with Crippen LogP contribution in [0.3, 0.4) is 0 Å². The minimum Gasteiger partial charge on any atom is -0.387 e. The number of ether oxygens (including phenoxy) is 1. The number of imidazole rings is 1. The lowest BCUT2D eigenvalue weighted by atomic mass is 10.1. The fourth-order valence-electron chi connectivity index (χ4n) is 4.45. The molecule has 0 bridgehead atoms. The van der Waals surface area contributed by atoms with Gasteiger partial charge in [-0.25, -0.2) is 4.98 Å². The summed E-state index contributed by atoms with van der Waals surface area (Å²) < 4.78 is 18.5. The number of likely N-dealkylation sites (N-methyl/N-ethyl adjacent to an activating group) is 1. The van der Waals surface area contributed by atoms with Gasteiger partial charge in [-0.05, 0) is 31.4 Å². The summed E-state index contributed by atoms with van der Waals surface area (Å²) >= 11 is 6.15. The molecule has 2 aromatic heterocycles. The van der Waals surface area contributed by atoms with Crippen LogP contribution in [0.1, 0.15) is 38.8 Å². The van der Waals surface area contributed by atoms with Crippen molar-refractivity contribution < 1.29 is 34.1 Å². The van der Waals surface area contributed by atoms with Gasteiger partial charge in [-0.2, -0.15) is 9.97 Å². The molecule has 1 amide bonds. The highest BCUT2D eigenvalue weighted by Crippen LogP contribution is 2.36. The van der Waals surface area contributed by atoms with E-state index in [1.807, 2.05) is 0 Å². The van der Waals surface area contributed by atoms with Gasteiger partial charge in [0, 0.05) is 19.1 Å². The number of rotatable bonds is 8. The third kappa shape index (κ3) is 5.35. The number of halogens is 1. The molecular weight excluding hydrogens is 491 g/mol. The Hall–Kier alpha value is -1.86. The molecule has 1 aliphatic heterocycles. The zero-order valence-electron chi connectivity index (χ0n) is 18.5. The van der Waals surface area contributed by atoms with Gasteiger partial charge in [0.25, 0.3) is 0 Å². The van der Waals surface area contributed by atoms with E-state index in [9.17, 15) is 19.6 Å². The van der Waals surface area contributed by atoms with Gasteiger partial charge in [0.2, 0.25) is 11.2 Å². The number of amides is 1. The highest BCUT2D eigenvalue weighted by molar-refractivity contribution is 7.52. The Bertz CT molecular complexity index is 1090. The van der Waals surface area contributed by atoms with Crippen LogP contribution in [0.25, 0.3) is 11.2 Å². The molecule has 2 fully saturated rings. The molecule has 0 spiro atoms. The second-order valence-electron chi connectivity index (χ2n) is 8.59. The molecule has 4 atom stereocenters. The maximum absolute atomic E-state index is 12.2. The average Bonchev–Trinajstić information content (AvgIpc) is 3.47. The number of carbonyl (C=O) groups excluding carboxylic acids is 1. The molecule has 3 heterocycles. The van der Waals surface area contributed by atoms with Crippen LogP contribution >= 0.6 is 19.2 Å². The Balaban J connectivity index is 1.55. The standard InChI is InChI=1S/C19H28ClN6O7P/c1-2-25(12(27)8-34(30,31)32)7-11-14(28)15(29)18(33-11)26-9-21-13-16(22-10-5-3-4-6-10)23-19(20)24-17(13)26/h9-11,14-15,18,28-29H,2-8H2,1H3,(H,22,23,24)(H2,30,31,32)/t11-,14-,15-,18-/m1/s1. The second kappa shape index (κ2) is 10.0. The fourth-order valence-corrected chi connectivity index (χ4v) is 5.17. The minimum atomic E-state index is -4.55. The van der Waals surface area contributed by atoms with Crippen molar-refractivity contribution in [2.75, 3.05) is 24.6 Å². The Morgan fingerprint density at radius 3 is 2.65 bits per heavy atom. The molecule has 34 heavy (non-hydrogen) atoms. The monoisotopic (exact) mass is 518 g/mol. The van der Waals surface area contributed by atoms with E-state index >= 15 is 0 Å². The van der Waals surface area contributed by atoms with Gasteiger partial charge in [0.1, 0.15) is 24.5 Å². The number of aromatic nitrogens is 4. The lowest BCUT2D eigenvalue weighted by Gasteiger charge is -2.25. The van der Waals surface area contributed by atoms with Crippen LogP contribution < -0.4 is 5.32 Å². The Kier molecular flexibility index (Phi) is 7.44. The number of hydrogen-bond donors (Lipinski definition) is 5. The van der Waals surface area contributed by atoms with E-state index in [0.29, 0.717) is 17.0 Å². The van der Waals surface area contributed by atoms with Gasteiger partial charge in [0.15, 0.2) is 23.2 Å². The Labute approximate surface area is 200 Å². The summed E-state index contributed by atoms with van der Waals surface area (Å²) in [6, 6.07) is 0.254. The number of fused-ring (bicyclic) bond motifs is 1. The van der Waals surface area contributed by atoms with E-state index in [1.165, 1.54) is 10.9 Å². The second-order valence-corrected chi connectivity index (χ2v) is 10.6. The van der Waals surface area contributed by atoms with Crippen LogP contribution in [0.15, 0.2) is 6.33 Å². The normalized spacial score (nSPS) is 25.8. The van der Waals surface area contributed by atoms with Crippen molar-refractivity contribution in [3.63, 3.8) is 0 Å². The number of carbonyl (C=O) groups is 1. The van der Waals surface area contributed by atoms with E-state index in [2.05, 4.69) is 20.3 Å². The van der Waals surface area contributed by atoms with E-state index in [-0.39, 0.29) is 24.4 Å². The maximum atomic E-state index is 12.2.